The fourth-order valence-electron chi connectivity index (χ4n) is 3.08. The third-order valence-electron chi connectivity index (χ3n) is 4.66. The van der Waals surface area contributed by atoms with Gasteiger partial charge in [-0.05, 0) is 61.0 Å². The van der Waals surface area contributed by atoms with Crippen LogP contribution in [-0.2, 0) is 4.79 Å². The summed E-state index contributed by atoms with van der Waals surface area (Å²) in [5.74, 6) is 7.11. The number of pyridine rings is 1. The summed E-state index contributed by atoms with van der Waals surface area (Å²) in [4.78, 5) is 23.7. The Balaban J connectivity index is 1.54. The van der Waals surface area contributed by atoms with Crippen molar-refractivity contribution in [3.05, 3.63) is 78.4 Å². The molecule has 0 unspecified atom stereocenters. The summed E-state index contributed by atoms with van der Waals surface area (Å²) in [7, 11) is 0. The van der Waals surface area contributed by atoms with Crippen molar-refractivity contribution >= 4 is 28.3 Å². The lowest BCUT2D eigenvalue weighted by Crippen LogP contribution is -2.24. The minimum Gasteiger partial charge on any atom is -0.455 e. The molecule has 1 amide bonds. The number of carbonyl (C=O) groups is 1. The molecule has 164 valence electrons. The zero-order chi connectivity index (χ0) is 23.0. The topological polar surface area (TPSA) is 89.0 Å². The van der Waals surface area contributed by atoms with E-state index in [4.69, 9.17) is 4.74 Å². The van der Waals surface area contributed by atoms with Crippen LogP contribution in [0.5, 0.6) is 11.5 Å². The SMILES string of the molecule is Cc1cc(Nc2ncnc3ccc(C#CCNC(=O)CF)cc23)ccc1Oc1cccnc1. The van der Waals surface area contributed by atoms with Crippen LogP contribution in [0.4, 0.5) is 15.9 Å². The second-order valence-electron chi connectivity index (χ2n) is 7.06. The molecule has 2 aromatic carbocycles. The predicted octanol–water partition coefficient (Wildman–Crippen LogP) is 4.31. The van der Waals surface area contributed by atoms with Crippen molar-refractivity contribution in [2.75, 3.05) is 18.5 Å². The molecule has 7 nitrogen and oxygen atoms in total. The first-order valence-electron chi connectivity index (χ1n) is 10.1. The van der Waals surface area contributed by atoms with E-state index in [0.29, 0.717) is 11.6 Å². The number of benzene rings is 2. The van der Waals surface area contributed by atoms with Crippen LogP contribution in [0, 0.1) is 18.8 Å². The number of carbonyl (C=O) groups excluding carboxylic acids is 1. The highest BCUT2D eigenvalue weighted by molar-refractivity contribution is 5.91. The molecule has 4 rings (SSSR count). The Morgan fingerprint density at radius 1 is 1.15 bits per heavy atom. The number of aromatic nitrogens is 3. The Morgan fingerprint density at radius 2 is 2.06 bits per heavy atom. The van der Waals surface area contributed by atoms with E-state index in [1.807, 2.05) is 55.5 Å². The van der Waals surface area contributed by atoms with Crippen molar-refractivity contribution in [1.82, 2.24) is 20.3 Å². The molecule has 0 aliphatic rings. The van der Waals surface area contributed by atoms with Crippen molar-refractivity contribution in [1.29, 1.82) is 0 Å². The Kier molecular flexibility index (Phi) is 6.71. The molecular weight excluding hydrogens is 421 g/mol. The molecule has 0 bridgehead atoms. The fraction of sp³-hybridized carbons (Fsp3) is 0.120. The third kappa shape index (κ3) is 5.60. The molecule has 0 fully saturated rings. The van der Waals surface area contributed by atoms with Gasteiger partial charge < -0.3 is 15.4 Å². The highest BCUT2D eigenvalue weighted by atomic mass is 19.1. The first kappa shape index (κ1) is 21.7. The number of hydrogen-bond donors (Lipinski definition) is 2. The Morgan fingerprint density at radius 3 is 2.85 bits per heavy atom. The van der Waals surface area contributed by atoms with E-state index >= 15 is 0 Å². The molecule has 2 N–H and O–H groups in total. The summed E-state index contributed by atoms with van der Waals surface area (Å²) >= 11 is 0. The Labute approximate surface area is 190 Å². The van der Waals surface area contributed by atoms with Gasteiger partial charge in [-0.25, -0.2) is 14.4 Å². The zero-order valence-corrected chi connectivity index (χ0v) is 17.8. The summed E-state index contributed by atoms with van der Waals surface area (Å²) in [6, 6.07) is 15.0. The van der Waals surface area contributed by atoms with Crippen LogP contribution in [0.3, 0.4) is 0 Å². The standard InChI is InChI=1S/C25H20FN5O2/c1-17-12-19(7-9-23(17)33-20-5-3-10-27-15-20)31-25-21-13-18(4-2-11-28-24(32)14-26)6-8-22(21)29-16-30-25/h3,5-10,12-13,15-16H,11,14H2,1H3,(H,28,32)(H,29,30,31). The maximum absolute atomic E-state index is 12.2. The van der Waals surface area contributed by atoms with Crippen LogP contribution < -0.4 is 15.4 Å². The molecular formula is C25H20FN5O2. The molecule has 2 heterocycles. The quantitative estimate of drug-likeness (QED) is 0.434. The molecule has 4 aromatic rings. The van der Waals surface area contributed by atoms with Crippen molar-refractivity contribution in [2.24, 2.45) is 0 Å². The van der Waals surface area contributed by atoms with E-state index in [0.717, 1.165) is 33.5 Å². The summed E-state index contributed by atoms with van der Waals surface area (Å²) in [5.41, 5.74) is 3.28. The third-order valence-corrected chi connectivity index (χ3v) is 4.66. The fourth-order valence-corrected chi connectivity index (χ4v) is 3.08. The average Bonchev–Trinajstić information content (AvgIpc) is 2.84. The highest BCUT2D eigenvalue weighted by Crippen LogP contribution is 2.29. The van der Waals surface area contributed by atoms with Gasteiger partial charge in [0, 0.05) is 22.8 Å². The van der Waals surface area contributed by atoms with Gasteiger partial charge in [0.15, 0.2) is 6.67 Å². The number of anilines is 2. The number of halogens is 1. The molecule has 2 aromatic heterocycles. The minimum absolute atomic E-state index is 0.0733. The summed E-state index contributed by atoms with van der Waals surface area (Å²) in [5, 5.41) is 6.50. The number of amides is 1. The zero-order valence-electron chi connectivity index (χ0n) is 17.8. The number of nitrogens with zero attached hydrogens (tertiary/aromatic N) is 3. The van der Waals surface area contributed by atoms with Gasteiger partial charge in [0.05, 0.1) is 18.3 Å². The van der Waals surface area contributed by atoms with E-state index in [9.17, 15) is 9.18 Å². The van der Waals surface area contributed by atoms with Gasteiger partial charge in [-0.3, -0.25) is 9.78 Å². The molecule has 33 heavy (non-hydrogen) atoms. The number of ether oxygens (including phenoxy) is 1. The van der Waals surface area contributed by atoms with Gasteiger partial charge >= 0.3 is 0 Å². The van der Waals surface area contributed by atoms with E-state index in [1.165, 1.54) is 6.33 Å². The van der Waals surface area contributed by atoms with Crippen LogP contribution >= 0.6 is 0 Å². The minimum atomic E-state index is -1.06. The van der Waals surface area contributed by atoms with E-state index < -0.39 is 12.6 Å². The van der Waals surface area contributed by atoms with E-state index in [1.54, 1.807) is 12.4 Å². The van der Waals surface area contributed by atoms with Gasteiger partial charge in [0.2, 0.25) is 0 Å². The van der Waals surface area contributed by atoms with E-state index in [2.05, 4.69) is 37.4 Å². The second kappa shape index (κ2) is 10.2. The lowest BCUT2D eigenvalue weighted by molar-refractivity contribution is -0.121. The van der Waals surface area contributed by atoms with Crippen LogP contribution in [0.2, 0.25) is 0 Å². The highest BCUT2D eigenvalue weighted by Gasteiger charge is 2.08. The van der Waals surface area contributed by atoms with Gasteiger partial charge in [0.1, 0.15) is 23.6 Å². The monoisotopic (exact) mass is 441 g/mol. The van der Waals surface area contributed by atoms with Gasteiger partial charge in [-0.2, -0.15) is 0 Å². The first-order chi connectivity index (χ1) is 16.1. The number of hydrogen-bond acceptors (Lipinski definition) is 6. The molecule has 0 saturated heterocycles. The molecule has 0 aliphatic heterocycles. The van der Waals surface area contributed by atoms with Crippen molar-refractivity contribution in [3.63, 3.8) is 0 Å². The molecule has 8 heteroatoms. The molecule has 0 spiro atoms. The van der Waals surface area contributed by atoms with Crippen LogP contribution in [0.15, 0.2) is 67.3 Å². The number of nitrogens with one attached hydrogen (secondary N) is 2. The van der Waals surface area contributed by atoms with E-state index in [-0.39, 0.29) is 6.54 Å². The number of alkyl halides is 1. The van der Waals surface area contributed by atoms with Crippen molar-refractivity contribution < 1.29 is 13.9 Å². The molecule has 0 saturated carbocycles. The van der Waals surface area contributed by atoms with Crippen LogP contribution in [-0.4, -0.2) is 34.1 Å². The van der Waals surface area contributed by atoms with Crippen LogP contribution in [0.25, 0.3) is 10.9 Å². The summed E-state index contributed by atoms with van der Waals surface area (Å²) in [6.07, 6.45) is 4.85. The van der Waals surface area contributed by atoms with Crippen molar-refractivity contribution in [3.8, 4) is 23.3 Å². The molecule has 0 radical (unpaired) electrons. The van der Waals surface area contributed by atoms with Gasteiger partial charge in [-0.15, -0.1) is 0 Å². The van der Waals surface area contributed by atoms with Crippen molar-refractivity contribution in [2.45, 2.75) is 6.92 Å². The largest absolute Gasteiger partial charge is 0.455 e. The lowest BCUT2D eigenvalue weighted by atomic mass is 10.1. The summed E-state index contributed by atoms with van der Waals surface area (Å²) < 4.78 is 18.1. The first-order valence-corrected chi connectivity index (χ1v) is 10.1. The number of rotatable bonds is 6. The number of fused-ring (bicyclic) bond motifs is 1. The summed E-state index contributed by atoms with van der Waals surface area (Å²) in [6.45, 7) is 0.981. The smallest absolute Gasteiger partial charge is 0.252 e. The van der Waals surface area contributed by atoms with Crippen LogP contribution in [0.1, 0.15) is 11.1 Å². The molecule has 0 aliphatic carbocycles. The maximum Gasteiger partial charge on any atom is 0.252 e. The predicted molar refractivity (Wildman–Crippen MR) is 124 cm³/mol. The number of aryl methyl sites for hydroxylation is 1. The average molecular weight is 441 g/mol. The Hall–Kier alpha value is -4.51. The Bertz CT molecular complexity index is 1350. The lowest BCUT2D eigenvalue weighted by Gasteiger charge is -2.12. The molecule has 0 atom stereocenters. The normalized spacial score (nSPS) is 10.2. The second-order valence-corrected chi connectivity index (χ2v) is 7.06. The van der Waals surface area contributed by atoms with Gasteiger partial charge in [-0.1, -0.05) is 11.8 Å². The maximum atomic E-state index is 12.2. The van der Waals surface area contributed by atoms with Gasteiger partial charge in [0.25, 0.3) is 5.91 Å².